The van der Waals surface area contributed by atoms with E-state index in [9.17, 15) is 24.9 Å². The normalized spacial score (nSPS) is 40.3. The topological polar surface area (TPSA) is 123 Å². The molecule has 1 saturated heterocycles. The molecule has 168 valence electrons. The van der Waals surface area contributed by atoms with Crippen LogP contribution in [0.1, 0.15) is 26.7 Å². The summed E-state index contributed by atoms with van der Waals surface area (Å²) in [6.07, 6.45) is -4.72. The highest BCUT2D eigenvalue weighted by Crippen LogP contribution is 2.55. The van der Waals surface area contributed by atoms with Gasteiger partial charge in [0.25, 0.3) is 0 Å². The van der Waals surface area contributed by atoms with Crippen LogP contribution in [0.25, 0.3) is 0 Å². The number of carbonyl (C=O) groups is 2. The molecule has 0 spiro atoms. The second-order valence-corrected chi connectivity index (χ2v) is 8.65. The SMILES string of the molecule is C=C1C(=O)O[C@H]2[C@H]1[C@@H](OC(=O)[C@@H](OCC)[C@H](C)O)CC(=C)[C@@H]1C[C@H](O)[C@](O)(CCl)[C@H]21. The van der Waals surface area contributed by atoms with Gasteiger partial charge in [-0.3, -0.25) is 0 Å². The number of fused-ring (bicyclic) bond motifs is 3. The summed E-state index contributed by atoms with van der Waals surface area (Å²) >= 11 is 6.03. The van der Waals surface area contributed by atoms with Crippen molar-refractivity contribution in [1.82, 2.24) is 0 Å². The number of hydrogen-bond acceptors (Lipinski definition) is 8. The molecule has 3 aliphatic rings. The van der Waals surface area contributed by atoms with Crippen molar-refractivity contribution in [2.45, 2.75) is 62.8 Å². The van der Waals surface area contributed by atoms with E-state index in [0.717, 1.165) is 0 Å². The molecule has 0 radical (unpaired) electrons. The van der Waals surface area contributed by atoms with Gasteiger partial charge < -0.3 is 29.5 Å². The standard InChI is InChI=1S/C21H29ClO8/c1-5-28-17(11(4)23)20(26)29-13-6-9(2)12-7-14(24)21(27,8-22)16(12)18-15(13)10(3)19(25)30-18/h11-18,23-24,27H,2-3,5-8H2,1,4H3/t11-,12-,13-,14-,15+,16-,17-,18-,21+/m0/s1. The van der Waals surface area contributed by atoms with Gasteiger partial charge in [0, 0.05) is 24.5 Å². The first-order chi connectivity index (χ1) is 14.1. The average molecular weight is 445 g/mol. The zero-order chi connectivity index (χ0) is 22.4. The van der Waals surface area contributed by atoms with Gasteiger partial charge in [0.05, 0.1) is 24.0 Å². The minimum absolute atomic E-state index is 0.120. The number of ether oxygens (including phenoxy) is 3. The molecule has 1 aliphatic heterocycles. The summed E-state index contributed by atoms with van der Waals surface area (Å²) in [7, 11) is 0. The lowest BCUT2D eigenvalue weighted by molar-refractivity contribution is -0.173. The highest BCUT2D eigenvalue weighted by Gasteiger charge is 2.64. The maximum absolute atomic E-state index is 12.7. The molecule has 0 bridgehead atoms. The summed E-state index contributed by atoms with van der Waals surface area (Å²) in [4.78, 5) is 25.1. The fourth-order valence-electron chi connectivity index (χ4n) is 5.07. The lowest BCUT2D eigenvalue weighted by Gasteiger charge is -2.37. The smallest absolute Gasteiger partial charge is 0.338 e. The monoisotopic (exact) mass is 444 g/mol. The van der Waals surface area contributed by atoms with Crippen LogP contribution in [0, 0.1) is 17.8 Å². The van der Waals surface area contributed by atoms with Crippen LogP contribution < -0.4 is 0 Å². The molecule has 1 heterocycles. The number of aliphatic hydroxyl groups excluding tert-OH is 2. The molecule has 2 aliphatic carbocycles. The molecule has 3 fully saturated rings. The first-order valence-electron chi connectivity index (χ1n) is 10.1. The van der Waals surface area contributed by atoms with Gasteiger partial charge in [-0.05, 0) is 26.2 Å². The van der Waals surface area contributed by atoms with E-state index < -0.39 is 59.9 Å². The van der Waals surface area contributed by atoms with Gasteiger partial charge in [-0.15, -0.1) is 11.6 Å². The van der Waals surface area contributed by atoms with Crippen molar-refractivity contribution in [2.75, 3.05) is 12.5 Å². The number of rotatable bonds is 6. The molecule has 0 amide bonds. The van der Waals surface area contributed by atoms with Crippen LogP contribution in [-0.4, -0.2) is 75.9 Å². The molecule has 0 unspecified atom stereocenters. The highest BCUT2D eigenvalue weighted by molar-refractivity contribution is 6.18. The van der Waals surface area contributed by atoms with Crippen LogP contribution >= 0.6 is 11.6 Å². The van der Waals surface area contributed by atoms with Gasteiger partial charge in [0.1, 0.15) is 17.8 Å². The predicted octanol–water partition coefficient (Wildman–Crippen LogP) is 0.709. The van der Waals surface area contributed by atoms with Crippen molar-refractivity contribution in [2.24, 2.45) is 17.8 Å². The fraction of sp³-hybridized carbons (Fsp3) is 0.714. The van der Waals surface area contributed by atoms with Crippen molar-refractivity contribution < 1.29 is 39.1 Å². The quantitative estimate of drug-likeness (QED) is 0.237. The molecule has 30 heavy (non-hydrogen) atoms. The second kappa shape index (κ2) is 8.59. The van der Waals surface area contributed by atoms with E-state index in [0.29, 0.717) is 5.57 Å². The lowest BCUT2D eigenvalue weighted by atomic mass is 9.76. The summed E-state index contributed by atoms with van der Waals surface area (Å²) in [6, 6.07) is 0. The van der Waals surface area contributed by atoms with E-state index in [4.69, 9.17) is 25.8 Å². The van der Waals surface area contributed by atoms with Crippen LogP contribution in [0.4, 0.5) is 0 Å². The lowest BCUT2D eigenvalue weighted by Crippen LogP contribution is -2.52. The number of hydrogen-bond donors (Lipinski definition) is 3. The Bertz CT molecular complexity index is 737. The van der Waals surface area contributed by atoms with Gasteiger partial charge >= 0.3 is 11.9 Å². The molecule has 8 nitrogen and oxygen atoms in total. The Labute approximate surface area is 180 Å². The van der Waals surface area contributed by atoms with Crippen molar-refractivity contribution in [3.05, 3.63) is 24.3 Å². The third-order valence-corrected chi connectivity index (χ3v) is 7.00. The van der Waals surface area contributed by atoms with E-state index in [1.807, 2.05) is 0 Å². The molecular formula is C21H29ClO8. The number of carbonyl (C=O) groups excluding carboxylic acids is 2. The zero-order valence-electron chi connectivity index (χ0n) is 17.1. The Balaban J connectivity index is 1.96. The number of esters is 2. The predicted molar refractivity (Wildman–Crippen MR) is 107 cm³/mol. The van der Waals surface area contributed by atoms with Crippen LogP contribution in [0.3, 0.4) is 0 Å². The Kier molecular flexibility index (Phi) is 6.65. The van der Waals surface area contributed by atoms with Gasteiger partial charge in [0.2, 0.25) is 0 Å². The number of aliphatic hydroxyl groups is 3. The van der Waals surface area contributed by atoms with Crippen molar-refractivity contribution >= 4 is 23.5 Å². The van der Waals surface area contributed by atoms with Gasteiger partial charge in [0.15, 0.2) is 6.10 Å². The fourth-order valence-corrected chi connectivity index (χ4v) is 5.42. The molecule has 3 rings (SSSR count). The summed E-state index contributed by atoms with van der Waals surface area (Å²) in [5.74, 6) is -3.51. The molecule has 9 atom stereocenters. The van der Waals surface area contributed by atoms with Gasteiger partial charge in [-0.2, -0.15) is 0 Å². The first kappa shape index (κ1) is 23.2. The van der Waals surface area contributed by atoms with E-state index in [-0.39, 0.29) is 36.8 Å². The largest absolute Gasteiger partial charge is 0.459 e. The van der Waals surface area contributed by atoms with E-state index in [1.165, 1.54) is 6.92 Å². The highest BCUT2D eigenvalue weighted by atomic mass is 35.5. The Hall–Kier alpha value is -1.45. The maximum Gasteiger partial charge on any atom is 0.338 e. The van der Waals surface area contributed by atoms with Crippen LogP contribution in [-0.2, 0) is 23.8 Å². The Morgan fingerprint density at radius 3 is 2.67 bits per heavy atom. The van der Waals surface area contributed by atoms with E-state index in [1.54, 1.807) is 6.92 Å². The molecule has 0 aromatic rings. The number of halogens is 1. The van der Waals surface area contributed by atoms with Crippen LogP contribution in [0.15, 0.2) is 24.3 Å². The molecule has 0 aromatic heterocycles. The van der Waals surface area contributed by atoms with Gasteiger partial charge in [-0.25, -0.2) is 9.59 Å². The molecule has 3 N–H and O–H groups in total. The van der Waals surface area contributed by atoms with Gasteiger partial charge in [-0.1, -0.05) is 18.7 Å². The molecule has 2 saturated carbocycles. The van der Waals surface area contributed by atoms with E-state index in [2.05, 4.69) is 13.2 Å². The first-order valence-corrected chi connectivity index (χ1v) is 10.6. The van der Waals surface area contributed by atoms with E-state index >= 15 is 0 Å². The second-order valence-electron chi connectivity index (χ2n) is 8.38. The summed E-state index contributed by atoms with van der Waals surface area (Å²) in [5, 5.41) is 31.5. The zero-order valence-corrected chi connectivity index (χ0v) is 17.9. The molecule has 9 heteroatoms. The van der Waals surface area contributed by atoms with Crippen LogP contribution in [0.2, 0.25) is 0 Å². The van der Waals surface area contributed by atoms with Crippen molar-refractivity contribution in [3.63, 3.8) is 0 Å². The summed E-state index contributed by atoms with van der Waals surface area (Å²) in [6.45, 7) is 11.2. The number of alkyl halides is 1. The summed E-state index contributed by atoms with van der Waals surface area (Å²) in [5.41, 5.74) is -0.911. The molecular weight excluding hydrogens is 416 g/mol. The van der Waals surface area contributed by atoms with Crippen LogP contribution in [0.5, 0.6) is 0 Å². The van der Waals surface area contributed by atoms with Crippen molar-refractivity contribution in [1.29, 1.82) is 0 Å². The third kappa shape index (κ3) is 3.69. The minimum Gasteiger partial charge on any atom is -0.459 e. The maximum atomic E-state index is 12.7. The average Bonchev–Trinajstić information content (AvgIpc) is 3.08. The Morgan fingerprint density at radius 1 is 1.43 bits per heavy atom. The molecule has 0 aromatic carbocycles. The Morgan fingerprint density at radius 2 is 2.10 bits per heavy atom. The third-order valence-electron chi connectivity index (χ3n) is 6.57. The summed E-state index contributed by atoms with van der Waals surface area (Å²) < 4.78 is 16.5. The minimum atomic E-state index is -1.69. The van der Waals surface area contributed by atoms with Crippen molar-refractivity contribution in [3.8, 4) is 0 Å².